The van der Waals surface area contributed by atoms with Gasteiger partial charge in [-0.15, -0.1) is 0 Å². The second-order valence-electron chi connectivity index (χ2n) is 7.38. The van der Waals surface area contributed by atoms with Crippen LogP contribution in [0.25, 0.3) is 0 Å². The molecular weight excluding hydrogens is 342 g/mol. The number of carbonyl (C=O) groups excluding carboxylic acids is 2. The first-order valence-corrected chi connectivity index (χ1v) is 10.2. The second kappa shape index (κ2) is 9.74. The summed E-state index contributed by atoms with van der Waals surface area (Å²) in [5, 5.41) is 0. The first-order valence-electron chi connectivity index (χ1n) is 10.2. The molecule has 2 fully saturated rings. The van der Waals surface area contributed by atoms with E-state index >= 15 is 0 Å². The van der Waals surface area contributed by atoms with E-state index in [0.717, 1.165) is 51.2 Å². The third kappa shape index (κ3) is 5.70. The SMILES string of the molecule is CCc1ccc(OCC(=O)N2CCN(CC(=O)N3CCCCC3)CC2)cc1. The van der Waals surface area contributed by atoms with Crippen LogP contribution in [-0.4, -0.2) is 78.9 Å². The topological polar surface area (TPSA) is 53.1 Å². The maximum Gasteiger partial charge on any atom is 0.260 e. The van der Waals surface area contributed by atoms with Crippen LogP contribution in [0.2, 0.25) is 0 Å². The molecule has 3 rings (SSSR count). The average molecular weight is 373 g/mol. The number of rotatable bonds is 6. The van der Waals surface area contributed by atoms with Crippen LogP contribution in [0.4, 0.5) is 0 Å². The molecule has 0 N–H and O–H groups in total. The van der Waals surface area contributed by atoms with E-state index in [1.165, 1.54) is 12.0 Å². The minimum atomic E-state index is 0.0107. The lowest BCUT2D eigenvalue weighted by Gasteiger charge is -2.36. The first-order chi connectivity index (χ1) is 13.2. The molecule has 27 heavy (non-hydrogen) atoms. The Bertz CT molecular complexity index is 618. The molecule has 0 aliphatic carbocycles. The van der Waals surface area contributed by atoms with Crippen molar-refractivity contribution >= 4 is 11.8 Å². The van der Waals surface area contributed by atoms with Crippen molar-refractivity contribution in [1.82, 2.24) is 14.7 Å². The molecule has 1 aromatic rings. The molecular formula is C21H31N3O3. The number of carbonyl (C=O) groups is 2. The van der Waals surface area contributed by atoms with Crippen LogP contribution in [0, 0.1) is 0 Å². The standard InChI is InChI=1S/C21H31N3O3/c1-2-18-6-8-19(9-7-18)27-17-21(26)24-14-12-22(13-15-24)16-20(25)23-10-4-3-5-11-23/h6-9H,2-5,10-17H2,1H3. The van der Waals surface area contributed by atoms with E-state index in [9.17, 15) is 9.59 Å². The zero-order valence-corrected chi connectivity index (χ0v) is 16.4. The highest BCUT2D eigenvalue weighted by atomic mass is 16.5. The molecule has 0 bridgehead atoms. The summed E-state index contributed by atoms with van der Waals surface area (Å²) in [5.74, 6) is 0.969. The van der Waals surface area contributed by atoms with Crippen molar-refractivity contribution in [1.29, 1.82) is 0 Å². The molecule has 0 radical (unpaired) electrons. The van der Waals surface area contributed by atoms with E-state index < -0.39 is 0 Å². The molecule has 1 aromatic carbocycles. The van der Waals surface area contributed by atoms with Crippen LogP contribution in [0.5, 0.6) is 5.75 Å². The highest BCUT2D eigenvalue weighted by Gasteiger charge is 2.24. The number of nitrogens with zero attached hydrogens (tertiary/aromatic N) is 3. The molecule has 6 heteroatoms. The van der Waals surface area contributed by atoms with Gasteiger partial charge in [0.2, 0.25) is 5.91 Å². The van der Waals surface area contributed by atoms with Gasteiger partial charge in [-0.1, -0.05) is 19.1 Å². The van der Waals surface area contributed by atoms with Gasteiger partial charge >= 0.3 is 0 Å². The summed E-state index contributed by atoms with van der Waals surface area (Å²) >= 11 is 0. The predicted octanol–water partition coefficient (Wildman–Crippen LogP) is 1.78. The van der Waals surface area contributed by atoms with Crippen LogP contribution in [0.15, 0.2) is 24.3 Å². The molecule has 2 heterocycles. The lowest BCUT2D eigenvalue weighted by molar-refractivity contribution is -0.136. The van der Waals surface area contributed by atoms with Crippen LogP contribution < -0.4 is 4.74 Å². The maximum absolute atomic E-state index is 12.4. The third-order valence-corrected chi connectivity index (χ3v) is 5.49. The van der Waals surface area contributed by atoms with Gasteiger partial charge in [0, 0.05) is 39.3 Å². The van der Waals surface area contributed by atoms with E-state index in [1.54, 1.807) is 0 Å². The Kier molecular flexibility index (Phi) is 7.10. The molecule has 2 saturated heterocycles. The Morgan fingerprint density at radius 1 is 0.852 bits per heavy atom. The smallest absolute Gasteiger partial charge is 0.260 e. The number of amides is 2. The summed E-state index contributed by atoms with van der Waals surface area (Å²) in [7, 11) is 0. The Morgan fingerprint density at radius 2 is 1.48 bits per heavy atom. The van der Waals surface area contributed by atoms with E-state index in [-0.39, 0.29) is 18.4 Å². The Labute approximate surface area is 162 Å². The first kappa shape index (κ1) is 19.7. The lowest BCUT2D eigenvalue weighted by Crippen LogP contribution is -2.52. The summed E-state index contributed by atoms with van der Waals surface area (Å²) in [6, 6.07) is 7.88. The fraction of sp³-hybridized carbons (Fsp3) is 0.619. The zero-order valence-electron chi connectivity index (χ0n) is 16.4. The van der Waals surface area contributed by atoms with Crippen molar-refractivity contribution < 1.29 is 14.3 Å². The number of piperidine rings is 1. The van der Waals surface area contributed by atoms with E-state index in [1.807, 2.05) is 34.1 Å². The number of hydrogen-bond acceptors (Lipinski definition) is 4. The molecule has 2 amide bonds. The Morgan fingerprint density at radius 3 is 2.11 bits per heavy atom. The van der Waals surface area contributed by atoms with E-state index in [4.69, 9.17) is 4.74 Å². The fourth-order valence-corrected chi connectivity index (χ4v) is 3.65. The molecule has 0 aromatic heterocycles. The van der Waals surface area contributed by atoms with Gasteiger partial charge in [0.05, 0.1) is 6.54 Å². The quantitative estimate of drug-likeness (QED) is 0.763. The minimum absolute atomic E-state index is 0.0107. The molecule has 0 spiro atoms. The van der Waals surface area contributed by atoms with Gasteiger partial charge in [0.1, 0.15) is 5.75 Å². The van der Waals surface area contributed by atoms with Crippen LogP contribution >= 0.6 is 0 Å². The second-order valence-corrected chi connectivity index (χ2v) is 7.38. The van der Waals surface area contributed by atoms with Crippen molar-refractivity contribution in [2.45, 2.75) is 32.6 Å². The van der Waals surface area contributed by atoms with Crippen LogP contribution in [0.3, 0.4) is 0 Å². The summed E-state index contributed by atoms with van der Waals surface area (Å²) in [4.78, 5) is 30.7. The summed E-state index contributed by atoms with van der Waals surface area (Å²) in [6.45, 7) is 7.25. The summed E-state index contributed by atoms with van der Waals surface area (Å²) < 4.78 is 5.63. The van der Waals surface area contributed by atoms with Gasteiger partial charge in [-0.2, -0.15) is 0 Å². The number of likely N-dealkylation sites (tertiary alicyclic amines) is 1. The van der Waals surface area contributed by atoms with Crippen molar-refractivity contribution in [3.05, 3.63) is 29.8 Å². The van der Waals surface area contributed by atoms with Gasteiger partial charge < -0.3 is 14.5 Å². The monoisotopic (exact) mass is 373 g/mol. The van der Waals surface area contributed by atoms with E-state index in [0.29, 0.717) is 19.6 Å². The molecule has 6 nitrogen and oxygen atoms in total. The van der Waals surface area contributed by atoms with Crippen LogP contribution in [-0.2, 0) is 16.0 Å². The highest BCUT2D eigenvalue weighted by molar-refractivity contribution is 5.79. The van der Waals surface area contributed by atoms with Crippen molar-refractivity contribution in [2.75, 3.05) is 52.4 Å². The van der Waals surface area contributed by atoms with Gasteiger partial charge in [-0.25, -0.2) is 0 Å². The highest BCUT2D eigenvalue weighted by Crippen LogP contribution is 2.13. The summed E-state index contributed by atoms with van der Waals surface area (Å²) in [6.07, 6.45) is 4.46. The average Bonchev–Trinajstić information content (AvgIpc) is 2.73. The fourth-order valence-electron chi connectivity index (χ4n) is 3.65. The molecule has 2 aliphatic heterocycles. The zero-order chi connectivity index (χ0) is 19.1. The van der Waals surface area contributed by atoms with Gasteiger partial charge in [-0.05, 0) is 43.4 Å². The lowest BCUT2D eigenvalue weighted by atomic mass is 10.1. The van der Waals surface area contributed by atoms with Crippen molar-refractivity contribution in [3.63, 3.8) is 0 Å². The molecule has 0 saturated carbocycles. The predicted molar refractivity (Wildman–Crippen MR) is 105 cm³/mol. The summed E-state index contributed by atoms with van der Waals surface area (Å²) in [5.41, 5.74) is 1.25. The number of ether oxygens (including phenoxy) is 1. The van der Waals surface area contributed by atoms with Gasteiger partial charge in [0.25, 0.3) is 5.91 Å². The van der Waals surface area contributed by atoms with Crippen molar-refractivity contribution in [2.24, 2.45) is 0 Å². The van der Waals surface area contributed by atoms with Gasteiger partial charge in [-0.3, -0.25) is 14.5 Å². The van der Waals surface area contributed by atoms with Gasteiger partial charge in [0.15, 0.2) is 6.61 Å². The Balaban J connectivity index is 1.37. The number of hydrogen-bond donors (Lipinski definition) is 0. The molecule has 148 valence electrons. The normalized spacial score (nSPS) is 18.4. The van der Waals surface area contributed by atoms with Crippen molar-refractivity contribution in [3.8, 4) is 5.75 Å². The Hall–Kier alpha value is -2.08. The number of aryl methyl sites for hydroxylation is 1. The minimum Gasteiger partial charge on any atom is -0.484 e. The van der Waals surface area contributed by atoms with E-state index in [2.05, 4.69) is 11.8 Å². The number of benzene rings is 1. The van der Waals surface area contributed by atoms with Crippen LogP contribution in [0.1, 0.15) is 31.7 Å². The third-order valence-electron chi connectivity index (χ3n) is 5.49. The maximum atomic E-state index is 12.4. The molecule has 0 atom stereocenters. The largest absolute Gasteiger partial charge is 0.484 e. The molecule has 2 aliphatic rings. The number of piperazine rings is 1. The molecule has 0 unspecified atom stereocenters.